The van der Waals surface area contributed by atoms with Crippen molar-refractivity contribution >= 4 is 28.0 Å². The summed E-state index contributed by atoms with van der Waals surface area (Å²) < 4.78 is 1.62. The van der Waals surface area contributed by atoms with Crippen LogP contribution in [0.4, 0.5) is 0 Å². The average Bonchev–Trinajstić information content (AvgIpc) is 3.04. The summed E-state index contributed by atoms with van der Waals surface area (Å²) in [6.07, 6.45) is 1.73. The van der Waals surface area contributed by atoms with E-state index in [4.69, 9.17) is 16.6 Å². The first-order chi connectivity index (χ1) is 13.2. The highest BCUT2D eigenvalue weighted by Crippen LogP contribution is 2.34. The number of aromatic hydroxyl groups is 1. The normalized spacial score (nSPS) is 11.3. The van der Waals surface area contributed by atoms with Gasteiger partial charge < -0.3 is 5.11 Å². The Kier molecular flexibility index (Phi) is 3.59. The van der Waals surface area contributed by atoms with Gasteiger partial charge >= 0.3 is 0 Å². The van der Waals surface area contributed by atoms with Crippen LogP contribution in [-0.4, -0.2) is 19.7 Å². The summed E-state index contributed by atoms with van der Waals surface area (Å²) in [4.78, 5) is 4.73. The number of pyridine rings is 2. The average molecular weight is 372 g/mol. The van der Waals surface area contributed by atoms with Crippen molar-refractivity contribution in [3.63, 3.8) is 0 Å². The summed E-state index contributed by atoms with van der Waals surface area (Å²) in [7, 11) is 0. The van der Waals surface area contributed by atoms with Gasteiger partial charge in [0.25, 0.3) is 0 Å². The molecule has 0 saturated carbocycles. The van der Waals surface area contributed by atoms with E-state index in [1.54, 1.807) is 22.8 Å². The lowest BCUT2D eigenvalue weighted by Crippen LogP contribution is -1.87. The first-order valence-corrected chi connectivity index (χ1v) is 8.90. The van der Waals surface area contributed by atoms with Gasteiger partial charge in [-0.05, 0) is 24.3 Å². The number of rotatable bonds is 2. The zero-order valence-corrected chi connectivity index (χ0v) is 14.9. The molecule has 27 heavy (non-hydrogen) atoms. The molecule has 4 nitrogen and oxygen atoms in total. The van der Waals surface area contributed by atoms with E-state index in [2.05, 4.69) is 11.2 Å². The molecule has 5 aromatic rings. The molecule has 3 aromatic heterocycles. The lowest BCUT2D eigenvalue weighted by Gasteiger charge is -2.04. The van der Waals surface area contributed by atoms with Gasteiger partial charge in [-0.25, -0.2) is 9.50 Å². The Balaban J connectivity index is 1.55. The fourth-order valence-corrected chi connectivity index (χ4v) is 3.39. The maximum Gasteiger partial charge on any atom is 0.169 e. The van der Waals surface area contributed by atoms with E-state index in [1.807, 2.05) is 54.6 Å². The van der Waals surface area contributed by atoms with Crippen molar-refractivity contribution in [2.24, 2.45) is 0 Å². The van der Waals surface area contributed by atoms with Crippen LogP contribution < -0.4 is 0 Å². The molecule has 130 valence electrons. The van der Waals surface area contributed by atoms with Gasteiger partial charge in [-0.1, -0.05) is 60.1 Å². The molecule has 0 amide bonds. The maximum atomic E-state index is 10.5. The van der Waals surface area contributed by atoms with Crippen molar-refractivity contribution in [2.75, 3.05) is 0 Å². The van der Waals surface area contributed by atoms with E-state index in [-0.39, 0.29) is 5.75 Å². The highest BCUT2D eigenvalue weighted by Gasteiger charge is 2.14. The molecular formula is C22H14ClN3O. The van der Waals surface area contributed by atoms with E-state index in [9.17, 15) is 5.11 Å². The van der Waals surface area contributed by atoms with Gasteiger partial charge in [-0.15, -0.1) is 0 Å². The van der Waals surface area contributed by atoms with Crippen molar-refractivity contribution in [3.8, 4) is 28.3 Å². The molecule has 2 aromatic carbocycles. The molecular weight excluding hydrogens is 358 g/mol. The number of hydrogen-bond donors (Lipinski definition) is 1. The quantitative estimate of drug-likeness (QED) is 0.441. The number of para-hydroxylation sites is 1. The zero-order chi connectivity index (χ0) is 18.4. The third-order valence-corrected chi connectivity index (χ3v) is 4.86. The number of benzene rings is 2. The number of fused-ring (bicyclic) bond motifs is 2. The van der Waals surface area contributed by atoms with Gasteiger partial charge in [0.05, 0.1) is 11.2 Å². The van der Waals surface area contributed by atoms with Gasteiger partial charge in [0.1, 0.15) is 11.2 Å². The van der Waals surface area contributed by atoms with Crippen LogP contribution in [0.15, 0.2) is 79.0 Å². The first-order valence-electron chi connectivity index (χ1n) is 8.52. The fraction of sp³-hybridized carbons (Fsp3) is 0. The molecule has 0 unspecified atom stereocenters. The highest BCUT2D eigenvalue weighted by molar-refractivity contribution is 6.31. The van der Waals surface area contributed by atoms with E-state index in [1.165, 1.54) is 0 Å². The minimum atomic E-state index is 0.120. The van der Waals surface area contributed by atoms with Gasteiger partial charge in [0, 0.05) is 27.7 Å². The molecule has 0 radical (unpaired) electrons. The Morgan fingerprint density at radius 1 is 0.852 bits per heavy atom. The molecule has 0 aliphatic carbocycles. The van der Waals surface area contributed by atoms with E-state index >= 15 is 0 Å². The summed E-state index contributed by atoms with van der Waals surface area (Å²) >= 11 is 6.02. The van der Waals surface area contributed by atoms with Crippen LogP contribution >= 0.6 is 11.6 Å². The first kappa shape index (κ1) is 15.9. The minimum Gasteiger partial charge on any atom is -0.504 e. The molecule has 5 heteroatoms. The van der Waals surface area contributed by atoms with Crippen LogP contribution in [0.5, 0.6) is 5.75 Å². The Bertz CT molecular complexity index is 1290. The molecule has 0 atom stereocenters. The molecule has 1 N–H and O–H groups in total. The summed E-state index contributed by atoms with van der Waals surface area (Å²) in [5.41, 5.74) is 4.82. The summed E-state index contributed by atoms with van der Waals surface area (Å²) in [5, 5.41) is 16.7. The lowest BCUT2D eigenvalue weighted by molar-refractivity contribution is 0.483. The third-order valence-electron chi connectivity index (χ3n) is 4.62. The SMILES string of the molecule is Oc1c(-c2ccc(-c3ccc4ccccc4n3)cc2)nn2ccc(Cl)cc12. The van der Waals surface area contributed by atoms with E-state index in [0.717, 1.165) is 27.7 Å². The van der Waals surface area contributed by atoms with E-state index in [0.29, 0.717) is 16.2 Å². The fourth-order valence-electron chi connectivity index (χ4n) is 3.23. The standard InChI is InChI=1S/C22H14ClN3O/c23-17-11-12-26-20(13-17)22(27)21(25-26)16-7-5-15(6-8-16)19-10-9-14-3-1-2-4-18(14)24-19/h1-13,27H. The Morgan fingerprint density at radius 3 is 2.48 bits per heavy atom. The highest BCUT2D eigenvalue weighted by atomic mass is 35.5. The molecule has 0 spiro atoms. The van der Waals surface area contributed by atoms with Crippen LogP contribution in [0.25, 0.3) is 38.9 Å². The molecule has 0 aliphatic rings. The largest absolute Gasteiger partial charge is 0.504 e. The number of nitrogens with zero attached hydrogens (tertiary/aromatic N) is 3. The van der Waals surface area contributed by atoms with Crippen LogP contribution in [-0.2, 0) is 0 Å². The molecule has 0 aliphatic heterocycles. The minimum absolute atomic E-state index is 0.120. The smallest absolute Gasteiger partial charge is 0.169 e. The Hall–Kier alpha value is -3.37. The molecule has 5 rings (SSSR count). The molecule has 0 bridgehead atoms. The topological polar surface area (TPSA) is 50.4 Å². The van der Waals surface area contributed by atoms with Crippen molar-refractivity contribution in [1.29, 1.82) is 0 Å². The van der Waals surface area contributed by atoms with Gasteiger partial charge in [0.2, 0.25) is 0 Å². The van der Waals surface area contributed by atoms with E-state index < -0.39 is 0 Å². The summed E-state index contributed by atoms with van der Waals surface area (Å²) in [6, 6.07) is 23.4. The number of halogens is 1. The van der Waals surface area contributed by atoms with Crippen molar-refractivity contribution in [3.05, 3.63) is 84.0 Å². The van der Waals surface area contributed by atoms with Crippen molar-refractivity contribution in [1.82, 2.24) is 14.6 Å². The molecule has 0 fully saturated rings. The summed E-state index contributed by atoms with van der Waals surface area (Å²) in [5.74, 6) is 0.120. The summed E-state index contributed by atoms with van der Waals surface area (Å²) in [6.45, 7) is 0. The second-order valence-electron chi connectivity index (χ2n) is 6.34. The van der Waals surface area contributed by atoms with Crippen LogP contribution in [0.1, 0.15) is 0 Å². The molecule has 3 heterocycles. The second-order valence-corrected chi connectivity index (χ2v) is 6.77. The predicted octanol–water partition coefficient (Wildman–Crippen LogP) is 5.58. The van der Waals surface area contributed by atoms with Gasteiger partial charge in [-0.3, -0.25) is 0 Å². The predicted molar refractivity (Wildman–Crippen MR) is 108 cm³/mol. The van der Waals surface area contributed by atoms with Gasteiger partial charge in [-0.2, -0.15) is 5.10 Å². The monoisotopic (exact) mass is 371 g/mol. The maximum absolute atomic E-state index is 10.5. The zero-order valence-electron chi connectivity index (χ0n) is 14.2. The Labute approximate surface area is 160 Å². The Morgan fingerprint density at radius 2 is 1.63 bits per heavy atom. The van der Waals surface area contributed by atoms with Crippen LogP contribution in [0.3, 0.4) is 0 Å². The lowest BCUT2D eigenvalue weighted by atomic mass is 10.1. The number of hydrogen-bond acceptors (Lipinski definition) is 3. The van der Waals surface area contributed by atoms with Crippen LogP contribution in [0.2, 0.25) is 5.02 Å². The van der Waals surface area contributed by atoms with Crippen molar-refractivity contribution in [2.45, 2.75) is 0 Å². The van der Waals surface area contributed by atoms with Crippen molar-refractivity contribution < 1.29 is 5.11 Å². The van der Waals surface area contributed by atoms with Crippen LogP contribution in [0, 0.1) is 0 Å². The second kappa shape index (κ2) is 6.11. The van der Waals surface area contributed by atoms with Gasteiger partial charge in [0.15, 0.2) is 5.75 Å². The third kappa shape index (κ3) is 2.71. The number of aromatic nitrogens is 3. The molecule has 0 saturated heterocycles.